The van der Waals surface area contributed by atoms with Crippen LogP contribution in [0.3, 0.4) is 0 Å². The Hall–Kier alpha value is -3.02. The highest BCUT2D eigenvalue weighted by atomic mass is 35.5. The SMILES string of the molecule is NC(=O)C1(CNC(=O)c2cc(-n3ncc(=O)n(CC(O)CO)c3=O)ccc2Cl)CCCCCC1. The standard InChI is InChI=1S/C22H28ClN5O6/c23-17-6-5-14(28-21(34)27(11-15(30)12-29)18(31)10-26-28)9-16(17)19(32)25-13-22(20(24)33)7-3-1-2-4-8-22/h5-6,9-10,15,29-30H,1-4,7-8,11-13H2,(H2,24,33)(H,25,32). The molecule has 1 saturated carbocycles. The zero-order valence-electron chi connectivity index (χ0n) is 18.6. The Labute approximate surface area is 200 Å². The number of hydrogen-bond acceptors (Lipinski definition) is 7. The number of halogens is 1. The van der Waals surface area contributed by atoms with E-state index in [-0.39, 0.29) is 22.8 Å². The highest BCUT2D eigenvalue weighted by Gasteiger charge is 2.37. The number of aromatic nitrogens is 3. The van der Waals surface area contributed by atoms with Crippen LogP contribution in [-0.2, 0) is 11.3 Å². The summed E-state index contributed by atoms with van der Waals surface area (Å²) in [6.45, 7) is -0.983. The lowest BCUT2D eigenvalue weighted by Crippen LogP contribution is -2.46. The van der Waals surface area contributed by atoms with Crippen molar-refractivity contribution in [2.24, 2.45) is 11.1 Å². The van der Waals surface area contributed by atoms with Gasteiger partial charge in [-0.15, -0.1) is 0 Å². The first-order valence-electron chi connectivity index (χ1n) is 11.0. The summed E-state index contributed by atoms with van der Waals surface area (Å²) >= 11 is 6.23. The smallest absolute Gasteiger partial charge is 0.352 e. The molecule has 0 saturated heterocycles. The molecular formula is C22H28ClN5O6. The molecule has 1 aliphatic rings. The van der Waals surface area contributed by atoms with E-state index in [1.54, 1.807) is 0 Å². The van der Waals surface area contributed by atoms with Gasteiger partial charge < -0.3 is 21.3 Å². The lowest BCUT2D eigenvalue weighted by molar-refractivity contribution is -0.128. The number of aliphatic hydroxyl groups is 2. The van der Waals surface area contributed by atoms with Gasteiger partial charge in [-0.1, -0.05) is 37.3 Å². The van der Waals surface area contributed by atoms with E-state index in [2.05, 4.69) is 10.4 Å². The number of nitrogens with one attached hydrogen (secondary N) is 1. The minimum Gasteiger partial charge on any atom is -0.394 e. The number of carbonyl (C=O) groups is 2. The molecule has 0 spiro atoms. The molecule has 1 fully saturated rings. The van der Waals surface area contributed by atoms with Crippen LogP contribution in [0.1, 0.15) is 48.9 Å². The first-order chi connectivity index (χ1) is 16.2. The minimum absolute atomic E-state index is 0.0502. The number of hydrogen-bond donors (Lipinski definition) is 4. The highest BCUT2D eigenvalue weighted by molar-refractivity contribution is 6.33. The predicted molar refractivity (Wildman–Crippen MR) is 124 cm³/mol. The summed E-state index contributed by atoms with van der Waals surface area (Å²) in [6, 6.07) is 4.20. The van der Waals surface area contributed by atoms with E-state index in [9.17, 15) is 24.3 Å². The Kier molecular flexibility index (Phi) is 8.24. The van der Waals surface area contributed by atoms with Crippen LogP contribution >= 0.6 is 11.6 Å². The number of rotatable bonds is 8. The maximum Gasteiger partial charge on any atom is 0.352 e. The second kappa shape index (κ2) is 10.9. The fraction of sp³-hybridized carbons (Fsp3) is 0.500. The van der Waals surface area contributed by atoms with Gasteiger partial charge in [0.2, 0.25) is 5.91 Å². The molecule has 1 atom stereocenters. The van der Waals surface area contributed by atoms with Crippen LogP contribution in [0.4, 0.5) is 0 Å². The second-order valence-corrected chi connectivity index (χ2v) is 8.94. The maximum atomic E-state index is 13.0. The van der Waals surface area contributed by atoms with Crippen molar-refractivity contribution in [2.75, 3.05) is 13.2 Å². The fourth-order valence-electron chi connectivity index (χ4n) is 4.13. The van der Waals surface area contributed by atoms with Crippen LogP contribution < -0.4 is 22.3 Å². The molecule has 1 aromatic carbocycles. The molecule has 0 bridgehead atoms. The van der Waals surface area contributed by atoms with E-state index in [0.29, 0.717) is 12.8 Å². The summed E-state index contributed by atoms with van der Waals surface area (Å²) in [6.07, 6.45) is 4.49. The third-order valence-electron chi connectivity index (χ3n) is 6.18. The van der Waals surface area contributed by atoms with Gasteiger partial charge in [0.15, 0.2) is 0 Å². The van der Waals surface area contributed by atoms with E-state index in [1.807, 2.05) is 0 Å². The molecule has 1 unspecified atom stereocenters. The van der Waals surface area contributed by atoms with Gasteiger partial charge in [-0.25, -0.2) is 4.79 Å². The first-order valence-corrected chi connectivity index (χ1v) is 11.4. The molecule has 2 amide bonds. The van der Waals surface area contributed by atoms with Gasteiger partial charge in [-0.05, 0) is 31.0 Å². The molecule has 12 heteroatoms. The van der Waals surface area contributed by atoms with Crippen molar-refractivity contribution in [1.29, 1.82) is 0 Å². The summed E-state index contributed by atoms with van der Waals surface area (Å²) in [5, 5.41) is 25.4. The van der Waals surface area contributed by atoms with E-state index < -0.39 is 47.7 Å². The highest BCUT2D eigenvalue weighted by Crippen LogP contribution is 2.34. The van der Waals surface area contributed by atoms with Gasteiger partial charge in [0.25, 0.3) is 11.5 Å². The van der Waals surface area contributed by atoms with Crippen molar-refractivity contribution in [3.8, 4) is 5.69 Å². The van der Waals surface area contributed by atoms with Gasteiger partial charge >= 0.3 is 5.69 Å². The second-order valence-electron chi connectivity index (χ2n) is 8.53. The fourth-order valence-corrected chi connectivity index (χ4v) is 4.33. The average molecular weight is 494 g/mol. The van der Waals surface area contributed by atoms with E-state index in [0.717, 1.165) is 41.1 Å². The quantitative estimate of drug-likeness (QED) is 0.374. The molecule has 34 heavy (non-hydrogen) atoms. The van der Waals surface area contributed by atoms with Crippen LogP contribution in [0, 0.1) is 5.41 Å². The summed E-state index contributed by atoms with van der Waals surface area (Å²) < 4.78 is 1.61. The molecular weight excluding hydrogens is 466 g/mol. The average Bonchev–Trinajstić information content (AvgIpc) is 3.07. The largest absolute Gasteiger partial charge is 0.394 e. The van der Waals surface area contributed by atoms with Crippen LogP contribution in [0.15, 0.2) is 34.0 Å². The Balaban J connectivity index is 1.89. The number of aliphatic hydroxyl groups excluding tert-OH is 2. The molecule has 1 aromatic heterocycles. The molecule has 5 N–H and O–H groups in total. The van der Waals surface area contributed by atoms with E-state index in [1.165, 1.54) is 18.2 Å². The monoisotopic (exact) mass is 493 g/mol. The van der Waals surface area contributed by atoms with Gasteiger partial charge in [0, 0.05) is 6.54 Å². The number of benzene rings is 1. The summed E-state index contributed by atoms with van der Waals surface area (Å²) in [5.41, 5.74) is 3.47. The van der Waals surface area contributed by atoms with Crippen LogP contribution in [0.2, 0.25) is 5.02 Å². The van der Waals surface area contributed by atoms with Gasteiger partial charge in [0.05, 0.1) is 40.9 Å². The van der Waals surface area contributed by atoms with Crippen LogP contribution in [-0.4, -0.2) is 55.6 Å². The van der Waals surface area contributed by atoms with Crippen molar-refractivity contribution in [3.63, 3.8) is 0 Å². The summed E-state index contributed by atoms with van der Waals surface area (Å²) in [5.74, 6) is -0.994. The lowest BCUT2D eigenvalue weighted by atomic mass is 9.79. The number of carbonyl (C=O) groups excluding carboxylic acids is 2. The molecule has 184 valence electrons. The van der Waals surface area contributed by atoms with Gasteiger partial charge in [0.1, 0.15) is 6.20 Å². The number of nitrogens with zero attached hydrogens (tertiary/aromatic N) is 3. The molecule has 0 radical (unpaired) electrons. The zero-order valence-corrected chi connectivity index (χ0v) is 19.3. The van der Waals surface area contributed by atoms with Crippen molar-refractivity contribution in [1.82, 2.24) is 19.7 Å². The summed E-state index contributed by atoms with van der Waals surface area (Å²) in [4.78, 5) is 50.0. The number of nitrogens with two attached hydrogens (primary N) is 1. The number of amides is 2. The Bertz CT molecular complexity index is 1170. The third kappa shape index (κ3) is 5.54. The Morgan fingerprint density at radius 2 is 1.88 bits per heavy atom. The molecule has 1 aliphatic carbocycles. The lowest BCUT2D eigenvalue weighted by Gasteiger charge is -2.29. The topological polar surface area (TPSA) is 170 Å². The van der Waals surface area contributed by atoms with E-state index in [4.69, 9.17) is 22.4 Å². The predicted octanol–water partition coefficient (Wildman–Crippen LogP) is -0.0435. The Morgan fingerprint density at radius 3 is 2.50 bits per heavy atom. The Morgan fingerprint density at radius 1 is 1.21 bits per heavy atom. The molecule has 3 rings (SSSR count). The van der Waals surface area contributed by atoms with Gasteiger partial charge in [-0.2, -0.15) is 9.78 Å². The van der Waals surface area contributed by atoms with E-state index >= 15 is 0 Å². The third-order valence-corrected chi connectivity index (χ3v) is 6.51. The minimum atomic E-state index is -1.31. The maximum absolute atomic E-state index is 13.0. The normalized spacial score (nSPS) is 16.4. The molecule has 1 heterocycles. The molecule has 11 nitrogen and oxygen atoms in total. The zero-order chi connectivity index (χ0) is 24.9. The first kappa shape index (κ1) is 25.6. The van der Waals surface area contributed by atoms with Crippen molar-refractivity contribution >= 4 is 23.4 Å². The van der Waals surface area contributed by atoms with Crippen LogP contribution in [0.5, 0.6) is 0 Å². The summed E-state index contributed by atoms with van der Waals surface area (Å²) in [7, 11) is 0. The van der Waals surface area contributed by atoms with Crippen molar-refractivity contribution in [2.45, 2.75) is 51.2 Å². The van der Waals surface area contributed by atoms with Gasteiger partial charge in [-0.3, -0.25) is 19.0 Å². The number of primary amides is 1. The molecule has 2 aromatic rings. The van der Waals surface area contributed by atoms with Crippen molar-refractivity contribution in [3.05, 3.63) is 55.8 Å². The van der Waals surface area contributed by atoms with Crippen molar-refractivity contribution < 1.29 is 19.8 Å². The van der Waals surface area contributed by atoms with Crippen LogP contribution in [0.25, 0.3) is 5.69 Å². The molecule has 0 aliphatic heterocycles.